The van der Waals surface area contributed by atoms with E-state index >= 15 is 0 Å². The van der Waals surface area contributed by atoms with Gasteiger partial charge in [-0.3, -0.25) is 4.79 Å². The molecule has 0 aromatic carbocycles. The number of hydrogen-bond donors (Lipinski definition) is 3. The summed E-state index contributed by atoms with van der Waals surface area (Å²) < 4.78 is 0. The number of nitrogens with one attached hydrogen (secondary N) is 2. The molecule has 3 rings (SSSR count). The van der Waals surface area contributed by atoms with Gasteiger partial charge in [0.2, 0.25) is 0 Å². The van der Waals surface area contributed by atoms with Crippen molar-refractivity contribution in [1.82, 2.24) is 15.5 Å². The molecule has 3 fully saturated rings. The van der Waals surface area contributed by atoms with Crippen molar-refractivity contribution in [3.8, 4) is 0 Å². The molecule has 5 atom stereocenters. The molecular weight excluding hydrogens is 342 g/mol. The predicted molar refractivity (Wildman–Crippen MR) is 106 cm³/mol. The molecule has 27 heavy (non-hydrogen) atoms. The number of piperidine rings is 1. The number of carboxylic acid groups (broad SMARTS) is 1. The van der Waals surface area contributed by atoms with E-state index in [2.05, 4.69) is 22.5 Å². The molecule has 6 nitrogen and oxygen atoms in total. The van der Waals surface area contributed by atoms with Gasteiger partial charge in [0.25, 0.3) is 0 Å². The van der Waals surface area contributed by atoms with Gasteiger partial charge in [-0.25, -0.2) is 4.79 Å². The summed E-state index contributed by atoms with van der Waals surface area (Å²) in [4.78, 5) is 26.4. The van der Waals surface area contributed by atoms with E-state index in [9.17, 15) is 14.7 Å². The third kappa shape index (κ3) is 4.25. The topological polar surface area (TPSA) is 81.7 Å². The van der Waals surface area contributed by atoms with E-state index in [1.165, 1.54) is 38.6 Å². The van der Waals surface area contributed by atoms with Crippen molar-refractivity contribution < 1.29 is 14.7 Å². The first kappa shape index (κ1) is 20.4. The zero-order chi connectivity index (χ0) is 19.8. The molecule has 2 aliphatic carbocycles. The maximum atomic E-state index is 12.5. The lowest BCUT2D eigenvalue weighted by Crippen LogP contribution is -2.59. The maximum Gasteiger partial charge on any atom is 0.315 e. The molecule has 3 unspecified atom stereocenters. The number of carbonyl (C=O) groups excluding carboxylic acids is 1. The third-order valence-electron chi connectivity index (χ3n) is 7.75. The highest BCUT2D eigenvalue weighted by Gasteiger charge is 2.54. The molecule has 0 radical (unpaired) electrons. The van der Waals surface area contributed by atoms with Crippen LogP contribution in [0.15, 0.2) is 0 Å². The number of carboxylic acids is 1. The number of aliphatic carboxylic acids is 1. The third-order valence-corrected chi connectivity index (χ3v) is 7.75. The summed E-state index contributed by atoms with van der Waals surface area (Å²) in [7, 11) is 0. The Labute approximate surface area is 163 Å². The van der Waals surface area contributed by atoms with Gasteiger partial charge < -0.3 is 20.6 Å². The van der Waals surface area contributed by atoms with E-state index in [1.807, 2.05) is 20.8 Å². The van der Waals surface area contributed by atoms with Crippen LogP contribution in [0.4, 0.5) is 4.79 Å². The largest absolute Gasteiger partial charge is 0.481 e. The van der Waals surface area contributed by atoms with Gasteiger partial charge in [0.05, 0.1) is 5.92 Å². The second-order valence-corrected chi connectivity index (χ2v) is 9.73. The number of rotatable bonds is 6. The SMILES string of the molecule is CC(NC(=O)NC(C)[C@@H]1C[C@H](C(=O)O)C1(C)C)C1CCCN(C2CCC2)C1. The minimum Gasteiger partial charge on any atom is -0.481 e. The van der Waals surface area contributed by atoms with Crippen molar-refractivity contribution in [2.24, 2.45) is 23.2 Å². The molecule has 0 bridgehead atoms. The Balaban J connectivity index is 1.45. The monoisotopic (exact) mass is 379 g/mol. The van der Waals surface area contributed by atoms with Gasteiger partial charge in [-0.15, -0.1) is 0 Å². The molecule has 154 valence electrons. The molecule has 2 amide bonds. The zero-order valence-corrected chi connectivity index (χ0v) is 17.3. The van der Waals surface area contributed by atoms with Crippen LogP contribution in [-0.4, -0.2) is 53.2 Å². The Kier molecular flexibility index (Phi) is 6.04. The first-order valence-corrected chi connectivity index (χ1v) is 10.7. The number of nitrogens with zero attached hydrogens (tertiary/aromatic N) is 1. The maximum absolute atomic E-state index is 12.5. The number of hydrogen-bond acceptors (Lipinski definition) is 3. The van der Waals surface area contributed by atoms with Gasteiger partial charge in [0, 0.05) is 24.7 Å². The van der Waals surface area contributed by atoms with Gasteiger partial charge in [-0.1, -0.05) is 20.3 Å². The van der Waals surface area contributed by atoms with Crippen LogP contribution in [0.3, 0.4) is 0 Å². The van der Waals surface area contributed by atoms with Gasteiger partial charge in [0.1, 0.15) is 0 Å². The van der Waals surface area contributed by atoms with Crippen LogP contribution >= 0.6 is 0 Å². The average Bonchev–Trinajstić information content (AvgIpc) is 2.51. The van der Waals surface area contributed by atoms with Crippen LogP contribution in [0.2, 0.25) is 0 Å². The molecular formula is C21H37N3O3. The first-order valence-electron chi connectivity index (χ1n) is 10.7. The fraction of sp³-hybridized carbons (Fsp3) is 0.905. The van der Waals surface area contributed by atoms with Crippen molar-refractivity contribution in [3.05, 3.63) is 0 Å². The van der Waals surface area contributed by atoms with Crippen LogP contribution in [0.25, 0.3) is 0 Å². The van der Waals surface area contributed by atoms with Crippen LogP contribution in [0, 0.1) is 23.2 Å². The Morgan fingerprint density at radius 3 is 2.30 bits per heavy atom. The Morgan fingerprint density at radius 2 is 1.74 bits per heavy atom. The highest BCUT2D eigenvalue weighted by molar-refractivity contribution is 5.75. The van der Waals surface area contributed by atoms with Crippen molar-refractivity contribution in [2.45, 2.75) is 84.3 Å². The van der Waals surface area contributed by atoms with Gasteiger partial charge in [0.15, 0.2) is 0 Å². The molecule has 3 aliphatic rings. The molecule has 0 aromatic rings. The molecule has 0 spiro atoms. The van der Waals surface area contributed by atoms with Gasteiger partial charge in [-0.2, -0.15) is 0 Å². The molecule has 1 heterocycles. The van der Waals surface area contributed by atoms with E-state index in [-0.39, 0.29) is 35.4 Å². The summed E-state index contributed by atoms with van der Waals surface area (Å²) in [5, 5.41) is 15.5. The van der Waals surface area contributed by atoms with E-state index < -0.39 is 5.97 Å². The smallest absolute Gasteiger partial charge is 0.315 e. The highest BCUT2D eigenvalue weighted by Crippen LogP contribution is 2.52. The van der Waals surface area contributed by atoms with E-state index in [0.29, 0.717) is 12.3 Å². The van der Waals surface area contributed by atoms with Crippen molar-refractivity contribution >= 4 is 12.0 Å². The minimum absolute atomic E-state index is 0.0272. The minimum atomic E-state index is -0.727. The molecule has 1 aliphatic heterocycles. The number of likely N-dealkylation sites (tertiary alicyclic amines) is 1. The van der Waals surface area contributed by atoms with Crippen LogP contribution < -0.4 is 10.6 Å². The number of urea groups is 1. The van der Waals surface area contributed by atoms with E-state index in [1.54, 1.807) is 0 Å². The first-order chi connectivity index (χ1) is 12.7. The summed E-state index contributed by atoms with van der Waals surface area (Å²) >= 11 is 0. The Morgan fingerprint density at radius 1 is 1.07 bits per heavy atom. The Hall–Kier alpha value is -1.30. The van der Waals surface area contributed by atoms with Crippen molar-refractivity contribution in [2.75, 3.05) is 13.1 Å². The van der Waals surface area contributed by atoms with Gasteiger partial charge in [-0.05, 0) is 69.7 Å². The van der Waals surface area contributed by atoms with E-state index in [0.717, 1.165) is 12.6 Å². The van der Waals surface area contributed by atoms with Crippen LogP contribution in [-0.2, 0) is 4.79 Å². The predicted octanol–water partition coefficient (Wildman–Crippen LogP) is 3.07. The quantitative estimate of drug-likeness (QED) is 0.662. The second-order valence-electron chi connectivity index (χ2n) is 9.73. The second kappa shape index (κ2) is 7.98. The molecule has 1 saturated heterocycles. The summed E-state index contributed by atoms with van der Waals surface area (Å²) in [6.07, 6.45) is 7.06. The normalized spacial score (nSPS) is 33.3. The lowest BCUT2D eigenvalue weighted by Gasteiger charge is -2.52. The van der Waals surface area contributed by atoms with Crippen LogP contribution in [0.5, 0.6) is 0 Å². The highest BCUT2D eigenvalue weighted by atomic mass is 16.4. The average molecular weight is 380 g/mol. The summed E-state index contributed by atoms with van der Waals surface area (Å²) in [6, 6.07) is 0.782. The summed E-state index contributed by atoms with van der Waals surface area (Å²) in [6.45, 7) is 10.4. The molecule has 6 heteroatoms. The lowest BCUT2D eigenvalue weighted by atomic mass is 9.53. The zero-order valence-electron chi connectivity index (χ0n) is 17.3. The molecule has 0 aromatic heterocycles. The van der Waals surface area contributed by atoms with Crippen molar-refractivity contribution in [1.29, 1.82) is 0 Å². The number of carbonyl (C=O) groups is 2. The molecule has 3 N–H and O–H groups in total. The molecule has 2 saturated carbocycles. The van der Waals surface area contributed by atoms with E-state index in [4.69, 9.17) is 0 Å². The standard InChI is InChI=1S/C21H37N3O3/c1-13(15-7-6-10-24(12-15)16-8-5-9-16)22-20(27)23-14(2)17-11-18(19(25)26)21(17,3)4/h13-18H,5-12H2,1-4H3,(H,25,26)(H2,22,23,27)/t13?,14?,15?,17-,18+/m0/s1. The summed E-state index contributed by atoms with van der Waals surface area (Å²) in [5.41, 5.74) is -0.281. The number of amides is 2. The fourth-order valence-corrected chi connectivity index (χ4v) is 5.43. The summed E-state index contributed by atoms with van der Waals surface area (Å²) in [5.74, 6) is -0.330. The van der Waals surface area contributed by atoms with Crippen LogP contribution in [0.1, 0.15) is 66.2 Å². The Bertz CT molecular complexity index is 561. The van der Waals surface area contributed by atoms with Gasteiger partial charge >= 0.3 is 12.0 Å². The fourth-order valence-electron chi connectivity index (χ4n) is 5.43. The van der Waals surface area contributed by atoms with Crippen molar-refractivity contribution in [3.63, 3.8) is 0 Å². The lowest BCUT2D eigenvalue weighted by molar-refractivity contribution is -0.160.